The third-order valence-electron chi connectivity index (χ3n) is 5.11. The number of urea groups is 1. The molecule has 2 amide bonds. The summed E-state index contributed by atoms with van der Waals surface area (Å²) < 4.78 is 14.5. The first-order chi connectivity index (χ1) is 14.0. The molecular formula is C19H21ClFN7O. The molecule has 3 aromatic rings. The summed E-state index contributed by atoms with van der Waals surface area (Å²) in [5.41, 5.74) is 1.33. The van der Waals surface area contributed by atoms with Gasteiger partial charge < -0.3 is 20.9 Å². The van der Waals surface area contributed by atoms with E-state index in [-0.39, 0.29) is 23.9 Å². The van der Waals surface area contributed by atoms with E-state index in [9.17, 15) is 9.18 Å². The predicted molar refractivity (Wildman–Crippen MR) is 109 cm³/mol. The smallest absolute Gasteiger partial charge is 0.314 e. The zero-order valence-electron chi connectivity index (χ0n) is 15.8. The Labute approximate surface area is 171 Å². The number of halogens is 2. The van der Waals surface area contributed by atoms with Gasteiger partial charge in [0.05, 0.1) is 17.3 Å². The SMILES string of the molecule is CNC(=O)N[C@H]1CCCCC1Nc1nc(-c2c[nH]c3ncc(Cl)cc23)ncc1F. The summed E-state index contributed by atoms with van der Waals surface area (Å²) in [6.07, 6.45) is 8.04. The molecule has 0 aromatic carbocycles. The number of carbonyl (C=O) groups is 1. The predicted octanol–water partition coefficient (Wildman–Crippen LogP) is 3.46. The van der Waals surface area contributed by atoms with E-state index >= 15 is 0 Å². The molecule has 1 saturated carbocycles. The zero-order chi connectivity index (χ0) is 20.4. The van der Waals surface area contributed by atoms with Crippen LogP contribution in [0.25, 0.3) is 22.4 Å². The Balaban J connectivity index is 1.62. The standard InChI is InChI=1S/C19H21ClFN7O/c1-22-19(29)27-15-5-3-2-4-14(15)26-18-13(21)9-25-17(28-18)12-8-24-16-11(12)6-10(20)7-23-16/h6-9,14-15H,2-5H2,1H3,(H,23,24)(H2,22,27,29)(H,25,26,28)/t14?,15-/m0/s1. The van der Waals surface area contributed by atoms with E-state index < -0.39 is 5.82 Å². The van der Waals surface area contributed by atoms with Crippen molar-refractivity contribution in [1.82, 2.24) is 30.6 Å². The summed E-state index contributed by atoms with van der Waals surface area (Å²) in [7, 11) is 1.57. The van der Waals surface area contributed by atoms with Crippen LogP contribution in [-0.2, 0) is 0 Å². The minimum atomic E-state index is -0.547. The Kier molecular flexibility index (Phi) is 5.48. The number of nitrogens with one attached hydrogen (secondary N) is 4. The van der Waals surface area contributed by atoms with Crippen LogP contribution in [0.3, 0.4) is 0 Å². The molecule has 8 nitrogen and oxygen atoms in total. The van der Waals surface area contributed by atoms with E-state index in [1.807, 2.05) is 0 Å². The number of nitrogens with zero attached hydrogens (tertiary/aromatic N) is 3. The van der Waals surface area contributed by atoms with Gasteiger partial charge in [-0.3, -0.25) is 0 Å². The molecule has 1 unspecified atom stereocenters. The van der Waals surface area contributed by atoms with Gasteiger partial charge in [0.2, 0.25) is 0 Å². The highest BCUT2D eigenvalue weighted by Crippen LogP contribution is 2.29. The number of amides is 2. The van der Waals surface area contributed by atoms with Crippen LogP contribution in [-0.4, -0.2) is 45.1 Å². The Bertz CT molecular complexity index is 1040. The fourth-order valence-electron chi connectivity index (χ4n) is 3.65. The molecule has 1 fully saturated rings. The zero-order valence-corrected chi connectivity index (χ0v) is 16.6. The lowest BCUT2D eigenvalue weighted by molar-refractivity contribution is 0.232. The number of pyridine rings is 1. The quantitative estimate of drug-likeness (QED) is 0.520. The number of H-pyrrole nitrogens is 1. The number of hydrogen-bond donors (Lipinski definition) is 4. The highest BCUT2D eigenvalue weighted by Gasteiger charge is 2.27. The van der Waals surface area contributed by atoms with Crippen molar-refractivity contribution >= 4 is 34.5 Å². The number of fused-ring (bicyclic) bond motifs is 1. The topological polar surface area (TPSA) is 108 Å². The van der Waals surface area contributed by atoms with Crippen molar-refractivity contribution in [2.75, 3.05) is 12.4 Å². The molecule has 4 N–H and O–H groups in total. The number of anilines is 1. The van der Waals surface area contributed by atoms with E-state index in [1.54, 1.807) is 25.5 Å². The first-order valence-electron chi connectivity index (χ1n) is 9.45. The average molecular weight is 418 g/mol. The number of rotatable bonds is 4. The molecule has 4 rings (SSSR count). The van der Waals surface area contributed by atoms with Crippen LogP contribution in [0, 0.1) is 5.82 Å². The van der Waals surface area contributed by atoms with Gasteiger partial charge >= 0.3 is 6.03 Å². The maximum atomic E-state index is 14.5. The molecule has 0 bridgehead atoms. The van der Waals surface area contributed by atoms with Gasteiger partial charge in [-0.2, -0.15) is 0 Å². The normalized spacial score (nSPS) is 19.1. The third-order valence-corrected chi connectivity index (χ3v) is 5.32. The summed E-state index contributed by atoms with van der Waals surface area (Å²) >= 11 is 6.06. The van der Waals surface area contributed by atoms with Gasteiger partial charge in [0.1, 0.15) is 5.65 Å². The molecule has 2 atom stereocenters. The van der Waals surface area contributed by atoms with Crippen LogP contribution < -0.4 is 16.0 Å². The summed E-state index contributed by atoms with van der Waals surface area (Å²) in [6, 6.07) is 1.27. The van der Waals surface area contributed by atoms with E-state index in [0.717, 1.165) is 37.3 Å². The van der Waals surface area contributed by atoms with Gasteiger partial charge in [-0.05, 0) is 18.9 Å². The Morgan fingerprint density at radius 2 is 2.03 bits per heavy atom. The van der Waals surface area contributed by atoms with E-state index in [4.69, 9.17) is 11.6 Å². The monoisotopic (exact) mass is 417 g/mol. The van der Waals surface area contributed by atoms with Crippen LogP contribution in [0.1, 0.15) is 25.7 Å². The summed E-state index contributed by atoms with van der Waals surface area (Å²) in [6.45, 7) is 0. The van der Waals surface area contributed by atoms with Crippen molar-refractivity contribution in [3.8, 4) is 11.4 Å². The van der Waals surface area contributed by atoms with Gasteiger partial charge in [0.25, 0.3) is 0 Å². The Morgan fingerprint density at radius 1 is 1.24 bits per heavy atom. The van der Waals surface area contributed by atoms with Gasteiger partial charge in [-0.15, -0.1) is 0 Å². The number of hydrogen-bond acceptors (Lipinski definition) is 5. The lowest BCUT2D eigenvalue weighted by Gasteiger charge is -2.33. The number of aromatic amines is 1. The minimum Gasteiger partial charge on any atom is -0.363 e. The first kappa shape index (κ1) is 19.4. The third kappa shape index (κ3) is 4.09. The van der Waals surface area contributed by atoms with Gasteiger partial charge in [-0.25, -0.2) is 24.1 Å². The van der Waals surface area contributed by atoms with Crippen LogP contribution in [0.2, 0.25) is 5.02 Å². The molecule has 0 aliphatic heterocycles. The van der Waals surface area contributed by atoms with Crippen LogP contribution >= 0.6 is 11.6 Å². The van der Waals surface area contributed by atoms with Crippen LogP contribution in [0.5, 0.6) is 0 Å². The van der Waals surface area contributed by atoms with E-state index in [1.165, 1.54) is 0 Å². The molecule has 3 heterocycles. The molecule has 0 spiro atoms. The molecule has 0 saturated heterocycles. The van der Waals surface area contributed by atoms with Crippen molar-refractivity contribution in [1.29, 1.82) is 0 Å². The lowest BCUT2D eigenvalue weighted by atomic mass is 9.90. The van der Waals surface area contributed by atoms with Crippen LogP contribution in [0.4, 0.5) is 15.0 Å². The minimum absolute atomic E-state index is 0.106. The highest BCUT2D eigenvalue weighted by atomic mass is 35.5. The fourth-order valence-corrected chi connectivity index (χ4v) is 3.81. The summed E-state index contributed by atoms with van der Waals surface area (Å²) in [4.78, 5) is 27.6. The second kappa shape index (κ2) is 8.20. The molecule has 3 aromatic heterocycles. The molecule has 10 heteroatoms. The lowest BCUT2D eigenvalue weighted by Crippen LogP contribution is -2.51. The second-order valence-electron chi connectivity index (χ2n) is 7.01. The van der Waals surface area contributed by atoms with Gasteiger partial charge in [-0.1, -0.05) is 24.4 Å². The molecule has 152 valence electrons. The Morgan fingerprint density at radius 3 is 2.83 bits per heavy atom. The van der Waals surface area contributed by atoms with Gasteiger partial charge in [0, 0.05) is 36.4 Å². The maximum absolute atomic E-state index is 14.5. The highest BCUT2D eigenvalue weighted by molar-refractivity contribution is 6.31. The van der Waals surface area contributed by atoms with Crippen molar-refractivity contribution in [2.45, 2.75) is 37.8 Å². The first-order valence-corrected chi connectivity index (χ1v) is 9.83. The number of aromatic nitrogens is 4. The van der Waals surface area contributed by atoms with Crippen LogP contribution in [0.15, 0.2) is 24.7 Å². The molecule has 1 aliphatic rings. The second-order valence-corrected chi connectivity index (χ2v) is 7.44. The summed E-state index contributed by atoms with van der Waals surface area (Å²) in [5, 5.41) is 9.90. The molecular weight excluding hydrogens is 397 g/mol. The van der Waals surface area contributed by atoms with E-state index in [0.29, 0.717) is 22.1 Å². The van der Waals surface area contributed by atoms with Crippen molar-refractivity contribution in [3.63, 3.8) is 0 Å². The molecule has 1 aliphatic carbocycles. The molecule has 29 heavy (non-hydrogen) atoms. The largest absolute Gasteiger partial charge is 0.363 e. The van der Waals surface area contributed by atoms with Gasteiger partial charge in [0.15, 0.2) is 17.5 Å². The molecule has 0 radical (unpaired) electrons. The maximum Gasteiger partial charge on any atom is 0.314 e. The number of carbonyl (C=O) groups excluding carboxylic acids is 1. The Hall–Kier alpha value is -2.94. The van der Waals surface area contributed by atoms with Crippen molar-refractivity contribution in [2.24, 2.45) is 0 Å². The fraction of sp³-hybridized carbons (Fsp3) is 0.368. The van der Waals surface area contributed by atoms with Crippen molar-refractivity contribution in [3.05, 3.63) is 35.5 Å². The van der Waals surface area contributed by atoms with E-state index in [2.05, 4.69) is 35.9 Å². The summed E-state index contributed by atoms with van der Waals surface area (Å²) in [5.74, 6) is -0.0835. The van der Waals surface area contributed by atoms with Crippen molar-refractivity contribution < 1.29 is 9.18 Å². The average Bonchev–Trinajstić information content (AvgIpc) is 3.14.